The number of fused-ring (bicyclic) bond motifs is 1. The molecule has 8 heteroatoms. The molecule has 0 spiro atoms. The molecular formula is C23H22N4O4. The van der Waals surface area contributed by atoms with Crippen LogP contribution in [-0.4, -0.2) is 39.6 Å². The van der Waals surface area contributed by atoms with Crippen molar-refractivity contribution >= 4 is 11.8 Å². The largest absolute Gasteiger partial charge is 0.463 e. The maximum absolute atomic E-state index is 13.0. The van der Waals surface area contributed by atoms with Crippen molar-refractivity contribution in [3.8, 4) is 11.5 Å². The molecule has 158 valence electrons. The van der Waals surface area contributed by atoms with Gasteiger partial charge in [-0.3, -0.25) is 14.4 Å². The summed E-state index contributed by atoms with van der Waals surface area (Å²) in [5, 5.41) is 7.39. The molecular weight excluding hydrogens is 396 g/mol. The van der Waals surface area contributed by atoms with E-state index in [1.54, 1.807) is 35.4 Å². The van der Waals surface area contributed by atoms with Crippen LogP contribution in [0.1, 0.15) is 47.3 Å². The van der Waals surface area contributed by atoms with E-state index in [-0.39, 0.29) is 35.9 Å². The molecule has 2 aliphatic heterocycles. The fourth-order valence-corrected chi connectivity index (χ4v) is 4.41. The first-order valence-corrected chi connectivity index (χ1v) is 10.4. The van der Waals surface area contributed by atoms with Crippen molar-refractivity contribution < 1.29 is 14.0 Å². The van der Waals surface area contributed by atoms with Crippen molar-refractivity contribution in [3.63, 3.8) is 0 Å². The van der Waals surface area contributed by atoms with Crippen molar-refractivity contribution in [3.05, 3.63) is 76.3 Å². The van der Waals surface area contributed by atoms with Crippen molar-refractivity contribution in [2.75, 3.05) is 13.1 Å². The summed E-state index contributed by atoms with van der Waals surface area (Å²) < 4.78 is 6.86. The Morgan fingerprint density at radius 2 is 2.00 bits per heavy atom. The van der Waals surface area contributed by atoms with Crippen LogP contribution in [0.15, 0.2) is 64.0 Å². The van der Waals surface area contributed by atoms with Gasteiger partial charge in [0, 0.05) is 24.7 Å². The van der Waals surface area contributed by atoms with E-state index in [9.17, 15) is 14.4 Å². The Balaban J connectivity index is 1.32. The van der Waals surface area contributed by atoms with E-state index in [0.717, 1.165) is 18.4 Å². The van der Waals surface area contributed by atoms with Crippen molar-refractivity contribution in [2.45, 2.75) is 31.3 Å². The zero-order valence-electron chi connectivity index (χ0n) is 16.9. The zero-order valence-corrected chi connectivity index (χ0v) is 16.9. The van der Waals surface area contributed by atoms with Crippen LogP contribution in [0.3, 0.4) is 0 Å². The molecule has 3 aromatic rings. The maximum Gasteiger partial charge on any atom is 0.267 e. The van der Waals surface area contributed by atoms with Gasteiger partial charge in [-0.25, -0.2) is 4.68 Å². The van der Waals surface area contributed by atoms with E-state index in [0.29, 0.717) is 30.1 Å². The summed E-state index contributed by atoms with van der Waals surface area (Å²) in [6, 6.07) is 13.5. The second-order valence-corrected chi connectivity index (χ2v) is 7.93. The number of amides is 2. The van der Waals surface area contributed by atoms with Crippen LogP contribution in [0.25, 0.3) is 11.5 Å². The van der Waals surface area contributed by atoms with E-state index in [1.807, 2.05) is 18.2 Å². The highest BCUT2D eigenvalue weighted by atomic mass is 16.3. The second-order valence-electron chi connectivity index (χ2n) is 7.93. The topological polar surface area (TPSA) is 97.4 Å². The fraction of sp³-hybridized carbons (Fsp3) is 0.304. The number of hydrogen-bond donors (Lipinski definition) is 1. The third kappa shape index (κ3) is 3.65. The van der Waals surface area contributed by atoms with Gasteiger partial charge in [-0.2, -0.15) is 5.10 Å². The molecule has 2 aliphatic rings. The molecule has 2 atom stereocenters. The van der Waals surface area contributed by atoms with Gasteiger partial charge in [-0.1, -0.05) is 18.2 Å². The Hall–Kier alpha value is -3.68. The molecule has 4 heterocycles. The predicted molar refractivity (Wildman–Crippen MR) is 112 cm³/mol. The Labute approximate surface area is 178 Å². The molecule has 0 aliphatic carbocycles. The lowest BCUT2D eigenvalue weighted by atomic mass is 10.0. The molecule has 2 unspecified atom stereocenters. The summed E-state index contributed by atoms with van der Waals surface area (Å²) in [6.07, 6.45) is 3.31. The van der Waals surface area contributed by atoms with Crippen molar-refractivity contribution in [1.29, 1.82) is 0 Å². The molecule has 1 saturated heterocycles. The average molecular weight is 418 g/mol. The molecule has 2 aromatic heterocycles. The number of likely N-dealkylation sites (tertiary alicyclic amines) is 1. The molecule has 5 rings (SSSR count). The number of rotatable bonds is 4. The summed E-state index contributed by atoms with van der Waals surface area (Å²) in [5.74, 6) is 0.408. The molecule has 31 heavy (non-hydrogen) atoms. The van der Waals surface area contributed by atoms with Crippen LogP contribution in [0.5, 0.6) is 0 Å². The first-order chi connectivity index (χ1) is 15.1. The Morgan fingerprint density at radius 3 is 2.84 bits per heavy atom. The molecule has 1 N–H and O–H groups in total. The Kier molecular flexibility index (Phi) is 4.89. The lowest BCUT2D eigenvalue weighted by molar-refractivity contribution is -0.133. The van der Waals surface area contributed by atoms with Gasteiger partial charge in [-0.15, -0.1) is 0 Å². The highest BCUT2D eigenvalue weighted by Gasteiger charge is 2.33. The Bertz CT molecular complexity index is 1180. The van der Waals surface area contributed by atoms with Gasteiger partial charge >= 0.3 is 0 Å². The standard InChI is InChI=1S/C23H22N4O4/c28-21-10-9-18(20-8-4-12-31-20)25-27(21)15-5-3-11-26(14-15)22(29)13-19-16-6-1-2-7-17(16)23(30)24-19/h1-2,4,6-10,12,15,19H,3,5,11,13-14H2,(H,24,30). The van der Waals surface area contributed by atoms with Crippen LogP contribution in [0.4, 0.5) is 0 Å². The number of benzene rings is 1. The fourth-order valence-electron chi connectivity index (χ4n) is 4.41. The monoisotopic (exact) mass is 418 g/mol. The number of carbonyl (C=O) groups excluding carboxylic acids is 2. The third-order valence-corrected chi connectivity index (χ3v) is 5.96. The highest BCUT2D eigenvalue weighted by molar-refractivity contribution is 5.99. The van der Waals surface area contributed by atoms with Gasteiger partial charge in [-0.05, 0) is 42.7 Å². The number of hydrogen-bond acceptors (Lipinski definition) is 5. The van der Waals surface area contributed by atoms with Gasteiger partial charge < -0.3 is 14.6 Å². The van der Waals surface area contributed by atoms with Gasteiger partial charge in [0.25, 0.3) is 11.5 Å². The van der Waals surface area contributed by atoms with Gasteiger partial charge in [0.05, 0.1) is 24.8 Å². The number of furan rings is 1. The van der Waals surface area contributed by atoms with Gasteiger partial charge in [0.15, 0.2) is 5.76 Å². The number of nitrogens with one attached hydrogen (secondary N) is 1. The average Bonchev–Trinajstić information content (AvgIpc) is 3.43. The van der Waals surface area contributed by atoms with E-state index < -0.39 is 0 Å². The minimum Gasteiger partial charge on any atom is -0.463 e. The number of aromatic nitrogens is 2. The molecule has 1 fully saturated rings. The highest BCUT2D eigenvalue weighted by Crippen LogP contribution is 2.29. The lowest BCUT2D eigenvalue weighted by Crippen LogP contribution is -2.44. The summed E-state index contributed by atoms with van der Waals surface area (Å²) >= 11 is 0. The van der Waals surface area contributed by atoms with Crippen LogP contribution in [-0.2, 0) is 4.79 Å². The smallest absolute Gasteiger partial charge is 0.267 e. The third-order valence-electron chi connectivity index (χ3n) is 5.96. The summed E-state index contributed by atoms with van der Waals surface area (Å²) in [4.78, 5) is 39.4. The van der Waals surface area contributed by atoms with E-state index in [4.69, 9.17) is 4.42 Å². The molecule has 0 bridgehead atoms. The summed E-state index contributed by atoms with van der Waals surface area (Å²) in [7, 11) is 0. The molecule has 1 aromatic carbocycles. The SMILES string of the molecule is O=C1NC(CC(=O)N2CCCC(n3nc(-c4ccco4)ccc3=O)C2)c2ccccc21. The van der Waals surface area contributed by atoms with E-state index in [2.05, 4.69) is 10.4 Å². The van der Waals surface area contributed by atoms with E-state index in [1.165, 1.54) is 10.7 Å². The number of nitrogens with zero attached hydrogens (tertiary/aromatic N) is 3. The Morgan fingerprint density at radius 1 is 1.13 bits per heavy atom. The molecule has 0 saturated carbocycles. The van der Waals surface area contributed by atoms with Crippen LogP contribution < -0.4 is 10.9 Å². The lowest BCUT2D eigenvalue weighted by Gasteiger charge is -2.33. The van der Waals surface area contributed by atoms with Crippen LogP contribution in [0.2, 0.25) is 0 Å². The quantitative estimate of drug-likeness (QED) is 0.702. The minimum atomic E-state index is -0.320. The predicted octanol–water partition coefficient (Wildman–Crippen LogP) is 2.54. The van der Waals surface area contributed by atoms with Gasteiger partial charge in [0.1, 0.15) is 5.69 Å². The van der Waals surface area contributed by atoms with Crippen molar-refractivity contribution in [1.82, 2.24) is 20.0 Å². The normalized spacial score (nSPS) is 20.4. The van der Waals surface area contributed by atoms with Gasteiger partial charge in [0.2, 0.25) is 5.91 Å². The van der Waals surface area contributed by atoms with Crippen LogP contribution >= 0.6 is 0 Å². The first kappa shape index (κ1) is 19.3. The summed E-state index contributed by atoms with van der Waals surface area (Å²) in [5.41, 5.74) is 1.87. The molecule has 2 amide bonds. The first-order valence-electron chi connectivity index (χ1n) is 10.4. The maximum atomic E-state index is 13.0. The zero-order chi connectivity index (χ0) is 21.4. The second kappa shape index (κ2) is 7.86. The molecule has 8 nitrogen and oxygen atoms in total. The number of piperidine rings is 1. The van der Waals surface area contributed by atoms with Crippen molar-refractivity contribution in [2.24, 2.45) is 0 Å². The number of carbonyl (C=O) groups is 2. The van der Waals surface area contributed by atoms with E-state index >= 15 is 0 Å². The molecule has 0 radical (unpaired) electrons. The summed E-state index contributed by atoms with van der Waals surface area (Å²) in [6.45, 7) is 1.04. The van der Waals surface area contributed by atoms with Crippen LogP contribution in [0, 0.1) is 0 Å². The minimum absolute atomic E-state index is 0.0399.